The van der Waals surface area contributed by atoms with Gasteiger partial charge >= 0.3 is 7.12 Å². The molecule has 9 heteroatoms. The average molecular weight is 313 g/mol. The van der Waals surface area contributed by atoms with Gasteiger partial charge in [-0.3, -0.25) is 24.3 Å². The fourth-order valence-corrected chi connectivity index (χ4v) is 2.59. The number of amides is 2. The summed E-state index contributed by atoms with van der Waals surface area (Å²) in [6.07, 6.45) is 0. The van der Waals surface area contributed by atoms with E-state index in [9.17, 15) is 24.4 Å². The summed E-state index contributed by atoms with van der Waals surface area (Å²) in [5, 5.41) is 20.8. The second-order valence-electron chi connectivity index (χ2n) is 5.19. The van der Waals surface area contributed by atoms with Crippen LogP contribution < -0.4 is 22.1 Å². The first-order chi connectivity index (χ1) is 10.8. The van der Waals surface area contributed by atoms with Crippen LogP contribution in [-0.4, -0.2) is 33.5 Å². The van der Waals surface area contributed by atoms with Crippen molar-refractivity contribution < 1.29 is 19.6 Å². The predicted molar refractivity (Wildman–Crippen MR) is 82.8 cm³/mol. The third-order valence-electron chi connectivity index (χ3n) is 3.75. The number of nitrogens with two attached hydrogens (primary N) is 1. The van der Waals surface area contributed by atoms with E-state index in [2.05, 4.69) is 5.32 Å². The fraction of sp³-hybridized carbons (Fsp3) is 0.0714. The first-order valence-electron chi connectivity index (χ1n) is 6.69. The monoisotopic (exact) mass is 313 g/mol. The Balaban J connectivity index is 2.29. The topological polar surface area (TPSA) is 135 Å². The van der Waals surface area contributed by atoms with E-state index in [0.29, 0.717) is 5.56 Å². The molecule has 0 unspecified atom stereocenters. The third kappa shape index (κ3) is 2.22. The first-order valence-corrected chi connectivity index (χ1v) is 6.69. The van der Waals surface area contributed by atoms with Crippen molar-refractivity contribution in [3.8, 4) is 5.69 Å². The van der Waals surface area contributed by atoms with Crippen LogP contribution >= 0.6 is 0 Å². The molecule has 8 nitrogen and oxygen atoms in total. The van der Waals surface area contributed by atoms with E-state index in [1.165, 1.54) is 6.07 Å². The maximum absolute atomic E-state index is 12.3. The number of imide groups is 1. The number of nitrogens with one attached hydrogen (secondary N) is 1. The Labute approximate surface area is 130 Å². The summed E-state index contributed by atoms with van der Waals surface area (Å²) in [7, 11) is -1.72. The van der Waals surface area contributed by atoms with Gasteiger partial charge in [0.1, 0.15) is 5.82 Å². The van der Waals surface area contributed by atoms with Gasteiger partial charge in [0.2, 0.25) is 0 Å². The van der Waals surface area contributed by atoms with Gasteiger partial charge in [0.15, 0.2) is 0 Å². The van der Waals surface area contributed by atoms with Crippen LogP contribution in [0.2, 0.25) is 0 Å². The first kappa shape index (κ1) is 15.0. The number of carbonyl (C=O) groups excluding carboxylic acids is 2. The molecule has 1 aliphatic rings. The Bertz CT molecular complexity index is 919. The number of hydrogen-bond acceptors (Lipinski definition) is 6. The molecule has 3 rings (SSSR count). The summed E-state index contributed by atoms with van der Waals surface area (Å²) in [5.41, 5.74) is 6.25. The van der Waals surface area contributed by atoms with E-state index in [4.69, 9.17) is 5.73 Å². The highest BCUT2D eigenvalue weighted by Gasteiger charge is 2.32. The zero-order valence-electron chi connectivity index (χ0n) is 12.0. The Morgan fingerprint density at radius 3 is 2.48 bits per heavy atom. The largest absolute Gasteiger partial charge is 0.488 e. The second-order valence-corrected chi connectivity index (χ2v) is 5.19. The Kier molecular flexibility index (Phi) is 3.31. The number of carbonyl (C=O) groups is 2. The Morgan fingerprint density at radius 1 is 1.13 bits per heavy atom. The number of fused-ring (bicyclic) bond motifs is 1. The van der Waals surface area contributed by atoms with E-state index in [1.54, 1.807) is 19.1 Å². The number of nitrogen functional groups attached to an aromatic ring is 1. The highest BCUT2D eigenvalue weighted by molar-refractivity contribution is 6.59. The van der Waals surface area contributed by atoms with Crippen molar-refractivity contribution in [2.24, 2.45) is 0 Å². The quantitative estimate of drug-likeness (QED) is 0.385. The number of nitrogens with zero attached hydrogens (tertiary/aromatic N) is 1. The van der Waals surface area contributed by atoms with Crippen LogP contribution in [0, 0.1) is 6.92 Å². The molecule has 2 heterocycles. The molecular weight excluding hydrogens is 301 g/mol. The summed E-state index contributed by atoms with van der Waals surface area (Å²) >= 11 is 0. The lowest BCUT2D eigenvalue weighted by molar-refractivity contribution is 0.0880. The Hall–Kier alpha value is -2.91. The van der Waals surface area contributed by atoms with E-state index >= 15 is 0 Å². The molecule has 1 aliphatic heterocycles. The molecule has 23 heavy (non-hydrogen) atoms. The molecule has 2 aromatic rings. The maximum Gasteiger partial charge on any atom is 0.488 e. The smallest absolute Gasteiger partial charge is 0.423 e. The lowest BCUT2D eigenvalue weighted by Crippen LogP contribution is -2.33. The van der Waals surface area contributed by atoms with E-state index in [0.717, 1.165) is 10.6 Å². The minimum Gasteiger partial charge on any atom is -0.423 e. The standard InChI is InChI=1S/C14H12BN3O5/c1-6-2-3-7(4-9(6)15(22)23)18-10(19)5-8-11(12(18)16)14(21)17-13(8)20/h2-5,22-23H,16H2,1H3,(H,17,20,21). The van der Waals surface area contributed by atoms with E-state index < -0.39 is 24.5 Å². The summed E-state index contributed by atoms with van der Waals surface area (Å²) in [5.74, 6) is -1.53. The maximum atomic E-state index is 12.3. The summed E-state index contributed by atoms with van der Waals surface area (Å²) in [6.45, 7) is 1.68. The summed E-state index contributed by atoms with van der Waals surface area (Å²) in [6, 6.07) is 5.56. The fourth-order valence-electron chi connectivity index (χ4n) is 2.59. The molecule has 0 saturated carbocycles. The lowest BCUT2D eigenvalue weighted by Gasteiger charge is -2.14. The summed E-state index contributed by atoms with van der Waals surface area (Å²) in [4.78, 5) is 35.7. The van der Waals surface area contributed by atoms with E-state index in [1.807, 2.05) is 0 Å². The molecule has 0 bridgehead atoms. The van der Waals surface area contributed by atoms with Crippen LogP contribution in [0.15, 0.2) is 29.1 Å². The normalized spacial score (nSPS) is 13.0. The van der Waals surface area contributed by atoms with Gasteiger partial charge < -0.3 is 15.8 Å². The molecule has 0 atom stereocenters. The van der Waals surface area contributed by atoms with Crippen molar-refractivity contribution in [3.63, 3.8) is 0 Å². The zero-order chi connectivity index (χ0) is 16.9. The zero-order valence-corrected chi connectivity index (χ0v) is 12.0. The number of hydrogen-bond donors (Lipinski definition) is 4. The van der Waals surface area contributed by atoms with Crippen molar-refractivity contribution in [3.05, 3.63) is 51.3 Å². The predicted octanol–water partition coefficient (Wildman–Crippen LogP) is -1.71. The van der Waals surface area contributed by atoms with Gasteiger partial charge in [0.25, 0.3) is 17.4 Å². The number of aryl methyl sites for hydroxylation is 1. The van der Waals surface area contributed by atoms with Crippen LogP contribution in [0.5, 0.6) is 0 Å². The number of pyridine rings is 1. The van der Waals surface area contributed by atoms with Crippen molar-refractivity contribution in [1.82, 2.24) is 9.88 Å². The van der Waals surface area contributed by atoms with Gasteiger partial charge in [0, 0.05) is 6.07 Å². The highest BCUT2D eigenvalue weighted by atomic mass is 16.4. The molecule has 5 N–H and O–H groups in total. The van der Waals surface area contributed by atoms with E-state index in [-0.39, 0.29) is 28.1 Å². The van der Waals surface area contributed by atoms with Crippen molar-refractivity contribution in [1.29, 1.82) is 0 Å². The van der Waals surface area contributed by atoms with Crippen LogP contribution in [-0.2, 0) is 0 Å². The second kappa shape index (κ2) is 5.08. The van der Waals surface area contributed by atoms with Gasteiger partial charge in [0.05, 0.1) is 16.8 Å². The van der Waals surface area contributed by atoms with Gasteiger partial charge in [-0.2, -0.15) is 0 Å². The minimum absolute atomic E-state index is 0.0664. The molecule has 0 spiro atoms. The lowest BCUT2D eigenvalue weighted by atomic mass is 9.77. The van der Waals surface area contributed by atoms with Gasteiger partial charge in [-0.1, -0.05) is 11.6 Å². The van der Waals surface area contributed by atoms with Crippen LogP contribution in [0.4, 0.5) is 5.82 Å². The molecule has 0 fully saturated rings. The highest BCUT2D eigenvalue weighted by Crippen LogP contribution is 2.22. The number of aromatic nitrogens is 1. The summed E-state index contributed by atoms with van der Waals surface area (Å²) < 4.78 is 1.04. The Morgan fingerprint density at radius 2 is 1.83 bits per heavy atom. The SMILES string of the molecule is Cc1ccc(-n2c(N)c3c(cc2=O)C(=O)NC3=O)cc1B(O)O. The third-order valence-corrected chi connectivity index (χ3v) is 3.75. The molecule has 0 aliphatic carbocycles. The molecule has 0 radical (unpaired) electrons. The van der Waals surface area contributed by atoms with Crippen molar-refractivity contribution in [2.75, 3.05) is 5.73 Å². The number of rotatable bonds is 2. The minimum atomic E-state index is -1.72. The van der Waals surface area contributed by atoms with Gasteiger partial charge in [-0.05, 0) is 24.5 Å². The van der Waals surface area contributed by atoms with Crippen molar-refractivity contribution >= 4 is 30.2 Å². The molecule has 1 aromatic carbocycles. The molecule has 116 valence electrons. The molecule has 1 aromatic heterocycles. The van der Waals surface area contributed by atoms with Crippen molar-refractivity contribution in [2.45, 2.75) is 6.92 Å². The number of benzene rings is 1. The molecular formula is C14H12BN3O5. The van der Waals surface area contributed by atoms with Crippen LogP contribution in [0.1, 0.15) is 26.3 Å². The molecule has 2 amide bonds. The van der Waals surface area contributed by atoms with Crippen LogP contribution in [0.3, 0.4) is 0 Å². The van der Waals surface area contributed by atoms with Gasteiger partial charge in [-0.25, -0.2) is 0 Å². The van der Waals surface area contributed by atoms with Gasteiger partial charge in [-0.15, -0.1) is 0 Å². The van der Waals surface area contributed by atoms with Crippen LogP contribution in [0.25, 0.3) is 5.69 Å². The average Bonchev–Trinajstić information content (AvgIpc) is 2.75. The number of anilines is 1. The molecule has 0 saturated heterocycles.